The van der Waals surface area contributed by atoms with Crippen molar-refractivity contribution in [2.45, 2.75) is 26.8 Å². The quantitative estimate of drug-likeness (QED) is 0.261. The molecule has 1 rings (SSSR count). The van der Waals surface area contributed by atoms with Crippen molar-refractivity contribution in [3.05, 3.63) is 45.9 Å². The van der Waals surface area contributed by atoms with E-state index in [4.69, 9.17) is 15.5 Å². The van der Waals surface area contributed by atoms with Crippen LogP contribution >= 0.6 is 7.60 Å². The van der Waals surface area contributed by atoms with Crippen molar-refractivity contribution in [3.63, 3.8) is 0 Å². The van der Waals surface area contributed by atoms with Crippen LogP contribution in [0.15, 0.2) is 35.8 Å². The standard InChI is InChI=1S/C17H24N3O5P/c1-5-12-18-14(4)17(26(23,24-6-2)25-7-3)13-19-15-8-10-16(11-9-15)20(21)22/h1,8-11,13-14,18-19H,6-7,12H2,2-4H3/b17-13-. The molecule has 8 nitrogen and oxygen atoms in total. The molecule has 1 aromatic rings. The molecule has 26 heavy (non-hydrogen) atoms. The van der Waals surface area contributed by atoms with Gasteiger partial charge in [0.2, 0.25) is 0 Å². The van der Waals surface area contributed by atoms with E-state index < -0.39 is 12.5 Å². The van der Waals surface area contributed by atoms with E-state index in [9.17, 15) is 14.7 Å². The molecule has 0 aliphatic rings. The number of benzene rings is 1. The number of rotatable bonds is 11. The molecule has 142 valence electrons. The SMILES string of the molecule is C#CCNC(C)/C(=C/Nc1ccc([N+](=O)[O-])cc1)P(=O)(OCC)OCC. The van der Waals surface area contributed by atoms with Gasteiger partial charge >= 0.3 is 7.60 Å². The third-order valence-electron chi connectivity index (χ3n) is 3.33. The minimum absolute atomic E-state index is 0.0156. The second-order valence-corrected chi connectivity index (χ2v) is 7.18. The largest absolute Gasteiger partial charge is 0.361 e. The first kappa shape index (κ1) is 21.9. The highest BCUT2D eigenvalue weighted by Gasteiger charge is 2.33. The highest BCUT2D eigenvalue weighted by molar-refractivity contribution is 7.58. The van der Waals surface area contributed by atoms with Crippen molar-refractivity contribution < 1.29 is 18.5 Å². The molecule has 0 spiro atoms. The van der Waals surface area contributed by atoms with Crippen LogP contribution in [-0.2, 0) is 13.6 Å². The normalized spacial score (nSPS) is 13.1. The molecule has 0 aliphatic heterocycles. The van der Waals surface area contributed by atoms with Crippen LogP contribution in [0.1, 0.15) is 20.8 Å². The summed E-state index contributed by atoms with van der Waals surface area (Å²) in [6, 6.07) is 5.48. The van der Waals surface area contributed by atoms with Crippen molar-refractivity contribution in [2.75, 3.05) is 25.1 Å². The summed E-state index contributed by atoms with van der Waals surface area (Å²) in [5.41, 5.74) is 0.579. The zero-order valence-corrected chi connectivity index (χ0v) is 16.0. The van der Waals surface area contributed by atoms with Gasteiger partial charge in [0.15, 0.2) is 0 Å². The first-order valence-electron chi connectivity index (χ1n) is 8.15. The monoisotopic (exact) mass is 381 g/mol. The highest BCUT2D eigenvalue weighted by atomic mass is 31.2. The molecule has 0 heterocycles. The van der Waals surface area contributed by atoms with Crippen molar-refractivity contribution in [2.24, 2.45) is 0 Å². The van der Waals surface area contributed by atoms with Gasteiger partial charge in [0.05, 0.1) is 30.0 Å². The smallest absolute Gasteiger partial charge is 0.360 e. The Morgan fingerprint density at radius 3 is 2.38 bits per heavy atom. The summed E-state index contributed by atoms with van der Waals surface area (Å²) in [5.74, 6) is 2.47. The minimum atomic E-state index is -3.53. The molecule has 0 saturated carbocycles. The van der Waals surface area contributed by atoms with E-state index in [2.05, 4.69) is 16.6 Å². The Balaban J connectivity index is 3.13. The van der Waals surface area contributed by atoms with Gasteiger partial charge in [-0.05, 0) is 32.9 Å². The lowest BCUT2D eigenvalue weighted by Crippen LogP contribution is -2.29. The lowest BCUT2D eigenvalue weighted by molar-refractivity contribution is -0.384. The molecule has 1 unspecified atom stereocenters. The number of nitrogens with zero attached hydrogens (tertiary/aromatic N) is 1. The van der Waals surface area contributed by atoms with Crippen LogP contribution in [0.25, 0.3) is 0 Å². The van der Waals surface area contributed by atoms with Gasteiger partial charge in [0.1, 0.15) is 0 Å². The maximum Gasteiger partial charge on any atom is 0.360 e. The highest BCUT2D eigenvalue weighted by Crippen LogP contribution is 2.57. The summed E-state index contributed by atoms with van der Waals surface area (Å²) in [6.07, 6.45) is 6.80. The van der Waals surface area contributed by atoms with Gasteiger partial charge in [-0.2, -0.15) is 0 Å². The Bertz CT molecular complexity index is 702. The number of nitro groups is 1. The molecule has 9 heteroatoms. The number of nitro benzene ring substituents is 1. The first-order valence-corrected chi connectivity index (χ1v) is 9.69. The topological polar surface area (TPSA) is 103 Å². The number of hydrogen-bond donors (Lipinski definition) is 2. The first-order chi connectivity index (χ1) is 12.4. The third-order valence-corrected chi connectivity index (χ3v) is 5.68. The fourth-order valence-corrected chi connectivity index (χ4v) is 3.96. The molecule has 0 saturated heterocycles. The van der Waals surface area contributed by atoms with Crippen molar-refractivity contribution in [1.82, 2.24) is 5.32 Å². The maximum atomic E-state index is 13.1. The van der Waals surface area contributed by atoms with Crippen LogP contribution < -0.4 is 10.6 Å². The Hall–Kier alpha value is -2.17. The predicted molar refractivity (Wildman–Crippen MR) is 102 cm³/mol. The minimum Gasteiger partial charge on any atom is -0.361 e. The average Bonchev–Trinajstić information content (AvgIpc) is 2.60. The van der Waals surface area contributed by atoms with E-state index in [-0.39, 0.29) is 31.5 Å². The number of terminal acetylenes is 1. The Morgan fingerprint density at radius 1 is 1.35 bits per heavy atom. The summed E-state index contributed by atoms with van der Waals surface area (Å²) in [6.45, 7) is 5.97. The lowest BCUT2D eigenvalue weighted by Gasteiger charge is -2.25. The van der Waals surface area contributed by atoms with Crippen LogP contribution in [-0.4, -0.2) is 30.7 Å². The van der Waals surface area contributed by atoms with Crippen LogP contribution in [0.5, 0.6) is 0 Å². The van der Waals surface area contributed by atoms with Crippen molar-refractivity contribution >= 4 is 19.0 Å². The number of anilines is 1. The van der Waals surface area contributed by atoms with E-state index in [1.807, 2.05) is 0 Å². The average molecular weight is 381 g/mol. The van der Waals surface area contributed by atoms with Crippen LogP contribution in [0.3, 0.4) is 0 Å². The van der Waals surface area contributed by atoms with Gasteiger partial charge in [-0.15, -0.1) is 6.42 Å². The van der Waals surface area contributed by atoms with E-state index in [0.717, 1.165) is 0 Å². The van der Waals surface area contributed by atoms with Gasteiger partial charge in [-0.25, -0.2) is 0 Å². The van der Waals surface area contributed by atoms with Crippen LogP contribution in [0.2, 0.25) is 0 Å². The molecular weight excluding hydrogens is 357 g/mol. The van der Waals surface area contributed by atoms with Crippen LogP contribution in [0, 0.1) is 22.5 Å². The van der Waals surface area contributed by atoms with Crippen molar-refractivity contribution in [3.8, 4) is 12.3 Å². The summed E-state index contributed by atoms with van der Waals surface area (Å²) >= 11 is 0. The summed E-state index contributed by atoms with van der Waals surface area (Å²) in [7, 11) is -3.53. The fraction of sp³-hybridized carbons (Fsp3) is 0.412. The van der Waals surface area contributed by atoms with E-state index in [0.29, 0.717) is 11.0 Å². The second-order valence-electron chi connectivity index (χ2n) is 5.16. The molecule has 0 aromatic heterocycles. The number of nitrogens with one attached hydrogen (secondary N) is 2. The summed E-state index contributed by atoms with van der Waals surface area (Å²) in [4.78, 5) is 10.2. The van der Waals surface area contributed by atoms with Gasteiger partial charge in [-0.3, -0.25) is 20.0 Å². The molecule has 1 aromatic carbocycles. The molecule has 2 N–H and O–H groups in total. The lowest BCUT2D eigenvalue weighted by atomic mass is 10.3. The molecule has 0 bridgehead atoms. The zero-order chi connectivity index (χ0) is 19.6. The predicted octanol–water partition coefficient (Wildman–Crippen LogP) is 3.73. The van der Waals surface area contributed by atoms with E-state index >= 15 is 0 Å². The Labute approximate surface area is 153 Å². The fourth-order valence-electron chi connectivity index (χ4n) is 2.12. The van der Waals surface area contributed by atoms with Gasteiger partial charge < -0.3 is 14.4 Å². The molecule has 1 atom stereocenters. The second kappa shape index (κ2) is 10.7. The van der Waals surface area contributed by atoms with Gasteiger partial charge in [0, 0.05) is 30.1 Å². The summed E-state index contributed by atoms with van der Waals surface area (Å²) < 4.78 is 24.0. The third kappa shape index (κ3) is 6.28. The maximum absolute atomic E-state index is 13.1. The zero-order valence-electron chi connectivity index (χ0n) is 15.1. The molecular formula is C17H24N3O5P. The van der Waals surface area contributed by atoms with Gasteiger partial charge in [-0.1, -0.05) is 5.92 Å². The number of hydrogen-bond acceptors (Lipinski definition) is 7. The Kier molecular flexibility index (Phi) is 9.03. The van der Waals surface area contributed by atoms with Gasteiger partial charge in [0.25, 0.3) is 5.69 Å². The van der Waals surface area contributed by atoms with Crippen LogP contribution in [0.4, 0.5) is 11.4 Å². The molecule has 0 fully saturated rings. The summed E-state index contributed by atoms with van der Waals surface area (Å²) in [5, 5.41) is 17.1. The number of non-ortho nitro benzene ring substituents is 1. The molecule has 0 radical (unpaired) electrons. The molecule has 0 amide bonds. The molecule has 0 aliphatic carbocycles. The van der Waals surface area contributed by atoms with E-state index in [1.54, 1.807) is 32.9 Å². The van der Waals surface area contributed by atoms with E-state index in [1.165, 1.54) is 18.3 Å². The van der Waals surface area contributed by atoms with Crippen molar-refractivity contribution in [1.29, 1.82) is 0 Å². The Morgan fingerprint density at radius 2 is 1.92 bits per heavy atom.